The molecule has 0 spiro atoms. The Labute approximate surface area is 184 Å². The average molecular weight is 436 g/mol. The summed E-state index contributed by atoms with van der Waals surface area (Å²) < 4.78 is 27.3. The lowest BCUT2D eigenvalue weighted by Crippen LogP contribution is -2.19. The molecule has 2 N–H and O–H groups in total. The molecule has 4 aromatic rings. The van der Waals surface area contributed by atoms with Crippen molar-refractivity contribution in [3.63, 3.8) is 0 Å². The smallest absolute Gasteiger partial charge is 0.228 e. The van der Waals surface area contributed by atoms with Gasteiger partial charge in [0, 0.05) is 49.2 Å². The first-order valence-corrected chi connectivity index (χ1v) is 10.7. The van der Waals surface area contributed by atoms with Gasteiger partial charge in [-0.2, -0.15) is 5.10 Å². The average Bonchev–Trinajstić information content (AvgIpc) is 3.47. The van der Waals surface area contributed by atoms with Crippen LogP contribution in [0.25, 0.3) is 22.2 Å². The molecule has 32 heavy (non-hydrogen) atoms. The summed E-state index contributed by atoms with van der Waals surface area (Å²) in [5.41, 5.74) is 3.78. The lowest BCUT2D eigenvalue weighted by atomic mass is 10.0. The molecule has 0 amide bonds. The van der Waals surface area contributed by atoms with Crippen LogP contribution < -0.4 is 5.32 Å². The third kappa shape index (κ3) is 4.09. The van der Waals surface area contributed by atoms with Gasteiger partial charge < -0.3 is 19.8 Å². The van der Waals surface area contributed by atoms with E-state index in [1.54, 1.807) is 19.5 Å². The maximum atomic E-state index is 14.7. The molecular weight excluding hydrogens is 411 g/mol. The van der Waals surface area contributed by atoms with Gasteiger partial charge in [-0.1, -0.05) is 18.2 Å². The highest BCUT2D eigenvalue weighted by Gasteiger charge is 2.18. The Kier molecular flexibility index (Phi) is 5.83. The van der Waals surface area contributed by atoms with E-state index in [-0.39, 0.29) is 5.69 Å². The minimum Gasteiger partial charge on any atom is -0.384 e. The molecule has 0 unspecified atom stereocenters. The van der Waals surface area contributed by atoms with E-state index in [4.69, 9.17) is 9.47 Å². The number of nitrogens with one attached hydrogen (secondary N) is 2. The molecule has 1 aliphatic rings. The van der Waals surface area contributed by atoms with Crippen LogP contribution in [0.3, 0.4) is 0 Å². The number of hydrogen-bond acceptors (Lipinski definition) is 6. The van der Waals surface area contributed by atoms with Crippen molar-refractivity contribution in [3.05, 3.63) is 54.4 Å². The SMILES string of the molecule is COCCc1cccc2c(-c3nc(Nc4cnn(C5CCOCC5)c4)ncc3F)c[nH]c12. The second kappa shape index (κ2) is 9.05. The van der Waals surface area contributed by atoms with Gasteiger partial charge in [0.1, 0.15) is 5.69 Å². The Hall–Kier alpha value is -3.30. The van der Waals surface area contributed by atoms with Crippen molar-refractivity contribution < 1.29 is 13.9 Å². The van der Waals surface area contributed by atoms with Crippen molar-refractivity contribution in [2.75, 3.05) is 32.2 Å². The molecule has 0 saturated carbocycles. The molecule has 166 valence electrons. The lowest BCUT2D eigenvalue weighted by Gasteiger charge is -2.22. The Morgan fingerprint density at radius 2 is 2.16 bits per heavy atom. The zero-order chi connectivity index (χ0) is 21.9. The molecule has 0 atom stereocenters. The van der Waals surface area contributed by atoms with Gasteiger partial charge in [0.2, 0.25) is 5.95 Å². The largest absolute Gasteiger partial charge is 0.384 e. The molecule has 0 radical (unpaired) electrons. The number of halogens is 1. The first-order valence-electron chi connectivity index (χ1n) is 10.7. The van der Waals surface area contributed by atoms with Crippen LogP contribution in [0.2, 0.25) is 0 Å². The van der Waals surface area contributed by atoms with Crippen LogP contribution in [-0.2, 0) is 15.9 Å². The number of anilines is 2. The molecule has 9 heteroatoms. The molecule has 4 heterocycles. The van der Waals surface area contributed by atoms with Gasteiger partial charge in [-0.15, -0.1) is 0 Å². The van der Waals surface area contributed by atoms with E-state index in [2.05, 4.69) is 25.4 Å². The number of hydrogen-bond donors (Lipinski definition) is 2. The molecule has 1 aromatic carbocycles. The number of ether oxygens (including phenoxy) is 2. The quantitative estimate of drug-likeness (QED) is 0.450. The molecule has 1 saturated heterocycles. The molecule has 0 bridgehead atoms. The molecule has 1 aliphatic heterocycles. The fourth-order valence-corrected chi connectivity index (χ4v) is 4.13. The summed E-state index contributed by atoms with van der Waals surface area (Å²) in [4.78, 5) is 11.9. The van der Waals surface area contributed by atoms with Crippen molar-refractivity contribution >= 4 is 22.5 Å². The van der Waals surface area contributed by atoms with Gasteiger partial charge >= 0.3 is 0 Å². The third-order valence-corrected chi connectivity index (χ3v) is 5.80. The molecular formula is C23H25FN6O2. The Morgan fingerprint density at radius 1 is 1.28 bits per heavy atom. The molecule has 3 aromatic heterocycles. The number of aromatic amines is 1. The zero-order valence-corrected chi connectivity index (χ0v) is 17.8. The third-order valence-electron chi connectivity index (χ3n) is 5.80. The van der Waals surface area contributed by atoms with E-state index in [1.807, 2.05) is 29.1 Å². The summed E-state index contributed by atoms with van der Waals surface area (Å²) in [5, 5.41) is 8.52. The maximum absolute atomic E-state index is 14.7. The predicted octanol–water partition coefficient (Wildman–Crippen LogP) is 4.24. The van der Waals surface area contributed by atoms with E-state index in [9.17, 15) is 4.39 Å². The summed E-state index contributed by atoms with van der Waals surface area (Å²) in [7, 11) is 1.68. The Bertz CT molecular complexity index is 1210. The summed E-state index contributed by atoms with van der Waals surface area (Å²) in [6.07, 6.45) is 9.28. The van der Waals surface area contributed by atoms with Crippen molar-refractivity contribution in [2.24, 2.45) is 0 Å². The summed E-state index contributed by atoms with van der Waals surface area (Å²) in [5.74, 6) is -0.158. The Balaban J connectivity index is 1.42. The van der Waals surface area contributed by atoms with Gasteiger partial charge in [0.05, 0.1) is 30.7 Å². The highest BCUT2D eigenvalue weighted by molar-refractivity contribution is 5.96. The number of H-pyrrole nitrogens is 1. The second-order valence-corrected chi connectivity index (χ2v) is 7.85. The number of methoxy groups -OCH3 is 1. The van der Waals surface area contributed by atoms with Gasteiger partial charge in [-0.3, -0.25) is 4.68 Å². The van der Waals surface area contributed by atoms with Crippen LogP contribution in [0.1, 0.15) is 24.4 Å². The standard InChI is InChI=1S/C23H25FN6O2/c1-31-8-5-15-3-2-4-18-19(12-25-21(15)18)22-20(24)13-26-23(29-22)28-16-11-27-30(14-16)17-6-9-32-10-7-17/h2-4,11-14,17,25H,5-10H2,1H3,(H,26,28,29). The van der Waals surface area contributed by atoms with Crippen molar-refractivity contribution in [1.29, 1.82) is 0 Å². The summed E-state index contributed by atoms with van der Waals surface area (Å²) in [6, 6.07) is 6.29. The van der Waals surface area contributed by atoms with E-state index in [0.29, 0.717) is 24.2 Å². The predicted molar refractivity (Wildman–Crippen MR) is 119 cm³/mol. The van der Waals surface area contributed by atoms with Crippen LogP contribution in [0.5, 0.6) is 0 Å². The first kappa shape index (κ1) is 20.6. The minimum atomic E-state index is -0.475. The number of nitrogens with zero attached hydrogens (tertiary/aromatic N) is 4. The summed E-state index contributed by atoms with van der Waals surface area (Å²) in [6.45, 7) is 2.11. The van der Waals surface area contributed by atoms with Crippen LogP contribution in [0.4, 0.5) is 16.0 Å². The topological polar surface area (TPSA) is 89.9 Å². The minimum absolute atomic E-state index is 0.245. The van der Waals surface area contributed by atoms with Crippen LogP contribution in [0.15, 0.2) is 43.0 Å². The van der Waals surface area contributed by atoms with Crippen molar-refractivity contribution in [2.45, 2.75) is 25.3 Å². The van der Waals surface area contributed by atoms with E-state index < -0.39 is 5.82 Å². The highest BCUT2D eigenvalue weighted by Crippen LogP contribution is 2.32. The Morgan fingerprint density at radius 3 is 3.00 bits per heavy atom. The van der Waals surface area contributed by atoms with E-state index in [0.717, 1.165) is 54.6 Å². The number of para-hydroxylation sites is 1. The number of rotatable bonds is 7. The lowest BCUT2D eigenvalue weighted by molar-refractivity contribution is 0.0662. The number of benzene rings is 1. The first-order chi connectivity index (χ1) is 15.7. The zero-order valence-electron chi connectivity index (χ0n) is 17.8. The van der Waals surface area contributed by atoms with Gasteiger partial charge in [0.25, 0.3) is 0 Å². The van der Waals surface area contributed by atoms with Gasteiger partial charge in [-0.25, -0.2) is 14.4 Å². The van der Waals surface area contributed by atoms with E-state index in [1.165, 1.54) is 6.20 Å². The molecule has 8 nitrogen and oxygen atoms in total. The van der Waals surface area contributed by atoms with Crippen LogP contribution >= 0.6 is 0 Å². The normalized spacial score (nSPS) is 14.8. The number of aromatic nitrogens is 5. The molecule has 0 aliphatic carbocycles. The van der Waals surface area contributed by atoms with Crippen LogP contribution in [-0.4, -0.2) is 51.7 Å². The monoisotopic (exact) mass is 436 g/mol. The fraction of sp³-hybridized carbons (Fsp3) is 0.348. The number of fused-ring (bicyclic) bond motifs is 1. The fourth-order valence-electron chi connectivity index (χ4n) is 4.13. The highest BCUT2D eigenvalue weighted by atomic mass is 19.1. The van der Waals surface area contributed by atoms with Gasteiger partial charge in [-0.05, 0) is 24.8 Å². The maximum Gasteiger partial charge on any atom is 0.228 e. The van der Waals surface area contributed by atoms with E-state index >= 15 is 0 Å². The van der Waals surface area contributed by atoms with Crippen LogP contribution in [0, 0.1) is 5.82 Å². The van der Waals surface area contributed by atoms with Crippen molar-refractivity contribution in [3.8, 4) is 11.3 Å². The van der Waals surface area contributed by atoms with Gasteiger partial charge in [0.15, 0.2) is 5.82 Å². The molecule has 1 fully saturated rings. The molecule has 5 rings (SSSR count). The summed E-state index contributed by atoms with van der Waals surface area (Å²) >= 11 is 0. The second-order valence-electron chi connectivity index (χ2n) is 7.85. The van der Waals surface area contributed by atoms with Crippen molar-refractivity contribution in [1.82, 2.24) is 24.7 Å².